The summed E-state index contributed by atoms with van der Waals surface area (Å²) in [5.41, 5.74) is 3.46. The zero-order chi connectivity index (χ0) is 8.55. The molecule has 2 nitrogen and oxygen atoms in total. The predicted molar refractivity (Wildman–Crippen MR) is 48.9 cm³/mol. The van der Waals surface area contributed by atoms with Gasteiger partial charge in [-0.25, -0.2) is 0 Å². The molecule has 0 spiro atoms. The number of ether oxygens (including phenoxy) is 1. The SMILES string of the molecule is C=C1NCc2ccc(OC)cc21. The minimum absolute atomic E-state index is 0.887. The van der Waals surface area contributed by atoms with Gasteiger partial charge in [0.1, 0.15) is 5.75 Å². The van der Waals surface area contributed by atoms with Crippen LogP contribution in [0.2, 0.25) is 0 Å². The fourth-order valence-corrected chi connectivity index (χ4v) is 1.41. The first-order chi connectivity index (χ1) is 5.81. The predicted octanol–water partition coefficient (Wildman–Crippen LogP) is 1.77. The van der Waals surface area contributed by atoms with Gasteiger partial charge >= 0.3 is 0 Å². The molecule has 0 aliphatic carbocycles. The molecular formula is C10H11NO. The largest absolute Gasteiger partial charge is 0.497 e. The Morgan fingerprint density at radius 1 is 1.50 bits per heavy atom. The third-order valence-corrected chi connectivity index (χ3v) is 2.13. The van der Waals surface area contributed by atoms with E-state index in [4.69, 9.17) is 4.74 Å². The molecule has 2 heteroatoms. The van der Waals surface area contributed by atoms with Gasteiger partial charge in [-0.1, -0.05) is 12.6 Å². The van der Waals surface area contributed by atoms with E-state index in [-0.39, 0.29) is 0 Å². The van der Waals surface area contributed by atoms with E-state index >= 15 is 0 Å². The van der Waals surface area contributed by atoms with Crippen LogP contribution in [-0.4, -0.2) is 7.11 Å². The number of methoxy groups -OCH3 is 1. The maximum Gasteiger partial charge on any atom is 0.119 e. The smallest absolute Gasteiger partial charge is 0.119 e. The average molecular weight is 161 g/mol. The molecule has 0 saturated carbocycles. The fourth-order valence-electron chi connectivity index (χ4n) is 1.41. The van der Waals surface area contributed by atoms with Gasteiger partial charge in [-0.2, -0.15) is 0 Å². The van der Waals surface area contributed by atoms with Crippen LogP contribution in [0, 0.1) is 0 Å². The van der Waals surface area contributed by atoms with Crippen molar-refractivity contribution in [1.82, 2.24) is 5.32 Å². The van der Waals surface area contributed by atoms with E-state index in [1.54, 1.807) is 7.11 Å². The van der Waals surface area contributed by atoms with Crippen molar-refractivity contribution in [3.8, 4) is 5.75 Å². The van der Waals surface area contributed by atoms with Crippen LogP contribution >= 0.6 is 0 Å². The van der Waals surface area contributed by atoms with Crippen LogP contribution in [0.4, 0.5) is 0 Å². The van der Waals surface area contributed by atoms with Crippen LogP contribution in [0.5, 0.6) is 5.75 Å². The van der Waals surface area contributed by atoms with Crippen LogP contribution in [0.25, 0.3) is 5.70 Å². The lowest BCUT2D eigenvalue weighted by Crippen LogP contribution is -1.98. The molecule has 2 rings (SSSR count). The maximum atomic E-state index is 5.12. The van der Waals surface area contributed by atoms with E-state index in [0.717, 1.165) is 18.0 Å². The number of nitrogens with one attached hydrogen (secondary N) is 1. The molecule has 0 atom stereocenters. The number of benzene rings is 1. The molecule has 1 aliphatic rings. The minimum atomic E-state index is 0.887. The molecule has 0 unspecified atom stereocenters. The molecule has 1 aromatic rings. The van der Waals surface area contributed by atoms with Crippen molar-refractivity contribution < 1.29 is 4.74 Å². The van der Waals surface area contributed by atoms with Crippen LogP contribution in [-0.2, 0) is 6.54 Å². The average Bonchev–Trinajstić information content (AvgIpc) is 2.47. The lowest BCUT2D eigenvalue weighted by Gasteiger charge is -2.02. The molecule has 1 aromatic carbocycles. The monoisotopic (exact) mass is 161 g/mol. The van der Waals surface area contributed by atoms with Crippen molar-refractivity contribution in [3.05, 3.63) is 35.9 Å². The number of hydrogen-bond acceptors (Lipinski definition) is 2. The first-order valence-electron chi connectivity index (χ1n) is 3.91. The Bertz CT molecular complexity index is 331. The van der Waals surface area contributed by atoms with Gasteiger partial charge in [-0.05, 0) is 17.7 Å². The second-order valence-electron chi connectivity index (χ2n) is 2.86. The molecule has 0 radical (unpaired) electrons. The van der Waals surface area contributed by atoms with Gasteiger partial charge in [0.2, 0.25) is 0 Å². The molecule has 0 saturated heterocycles. The van der Waals surface area contributed by atoms with Gasteiger partial charge in [0.05, 0.1) is 7.11 Å². The molecular weight excluding hydrogens is 150 g/mol. The van der Waals surface area contributed by atoms with Gasteiger partial charge in [0.15, 0.2) is 0 Å². The molecule has 0 aromatic heterocycles. The minimum Gasteiger partial charge on any atom is -0.497 e. The van der Waals surface area contributed by atoms with Crippen LogP contribution in [0.3, 0.4) is 0 Å². The summed E-state index contributed by atoms with van der Waals surface area (Å²) in [6.07, 6.45) is 0. The number of fused-ring (bicyclic) bond motifs is 1. The summed E-state index contributed by atoms with van der Waals surface area (Å²) in [6.45, 7) is 4.79. The van der Waals surface area contributed by atoms with Gasteiger partial charge < -0.3 is 10.1 Å². The summed E-state index contributed by atoms with van der Waals surface area (Å²) < 4.78 is 5.12. The Morgan fingerprint density at radius 3 is 3.08 bits per heavy atom. The highest BCUT2D eigenvalue weighted by Gasteiger charge is 2.13. The van der Waals surface area contributed by atoms with Crippen LogP contribution < -0.4 is 10.1 Å². The zero-order valence-corrected chi connectivity index (χ0v) is 7.05. The standard InChI is InChI=1S/C10H11NO/c1-7-10-5-9(12-2)4-3-8(10)6-11-7/h3-5,11H,1,6H2,2H3. The van der Waals surface area contributed by atoms with Crippen molar-refractivity contribution in [2.45, 2.75) is 6.54 Å². The Kier molecular flexibility index (Phi) is 1.54. The Balaban J connectivity index is 2.50. The Hall–Kier alpha value is -1.44. The quantitative estimate of drug-likeness (QED) is 0.677. The number of rotatable bonds is 1. The second kappa shape index (κ2) is 2.55. The van der Waals surface area contributed by atoms with Crippen molar-refractivity contribution in [2.75, 3.05) is 7.11 Å². The molecule has 62 valence electrons. The molecule has 12 heavy (non-hydrogen) atoms. The van der Waals surface area contributed by atoms with Crippen molar-refractivity contribution in [2.24, 2.45) is 0 Å². The molecule has 1 heterocycles. The third-order valence-electron chi connectivity index (χ3n) is 2.13. The van der Waals surface area contributed by atoms with Gasteiger partial charge in [0.25, 0.3) is 0 Å². The van der Waals surface area contributed by atoms with E-state index in [0.29, 0.717) is 0 Å². The number of hydrogen-bond donors (Lipinski definition) is 1. The van der Waals surface area contributed by atoms with E-state index in [2.05, 4.69) is 18.0 Å². The highest BCUT2D eigenvalue weighted by Crippen LogP contribution is 2.26. The van der Waals surface area contributed by atoms with Crippen LogP contribution in [0.15, 0.2) is 24.8 Å². The van der Waals surface area contributed by atoms with Gasteiger partial charge in [-0.15, -0.1) is 0 Å². The first-order valence-corrected chi connectivity index (χ1v) is 3.91. The molecule has 1 aliphatic heterocycles. The first kappa shape index (κ1) is 7.22. The summed E-state index contributed by atoms with van der Waals surface area (Å²) in [5, 5.41) is 3.19. The van der Waals surface area contributed by atoms with E-state index in [1.807, 2.05) is 12.1 Å². The molecule has 0 amide bonds. The van der Waals surface area contributed by atoms with Crippen LogP contribution in [0.1, 0.15) is 11.1 Å². The summed E-state index contributed by atoms with van der Waals surface area (Å²) >= 11 is 0. The normalized spacial score (nSPS) is 13.9. The van der Waals surface area contributed by atoms with Gasteiger partial charge in [0, 0.05) is 17.8 Å². The van der Waals surface area contributed by atoms with E-state index in [9.17, 15) is 0 Å². The maximum absolute atomic E-state index is 5.12. The van der Waals surface area contributed by atoms with E-state index < -0.39 is 0 Å². The van der Waals surface area contributed by atoms with Crippen molar-refractivity contribution >= 4 is 5.70 Å². The topological polar surface area (TPSA) is 21.3 Å². The lowest BCUT2D eigenvalue weighted by molar-refractivity contribution is 0.414. The van der Waals surface area contributed by atoms with Gasteiger partial charge in [-0.3, -0.25) is 0 Å². The summed E-state index contributed by atoms with van der Waals surface area (Å²) in [7, 11) is 1.67. The third kappa shape index (κ3) is 0.961. The molecule has 1 N–H and O–H groups in total. The molecule has 0 bridgehead atoms. The lowest BCUT2D eigenvalue weighted by atomic mass is 10.1. The summed E-state index contributed by atoms with van der Waals surface area (Å²) in [6, 6.07) is 6.05. The Labute approximate surface area is 71.9 Å². The van der Waals surface area contributed by atoms with E-state index in [1.165, 1.54) is 11.1 Å². The van der Waals surface area contributed by atoms with Crippen molar-refractivity contribution in [3.63, 3.8) is 0 Å². The highest BCUT2D eigenvalue weighted by molar-refractivity contribution is 5.69. The highest BCUT2D eigenvalue weighted by atomic mass is 16.5. The fraction of sp³-hybridized carbons (Fsp3) is 0.200. The Morgan fingerprint density at radius 2 is 2.33 bits per heavy atom. The summed E-state index contributed by atoms with van der Waals surface area (Å²) in [5.74, 6) is 0.888. The zero-order valence-electron chi connectivity index (χ0n) is 7.05. The summed E-state index contributed by atoms with van der Waals surface area (Å²) in [4.78, 5) is 0. The second-order valence-corrected chi connectivity index (χ2v) is 2.86. The molecule has 0 fully saturated rings. The van der Waals surface area contributed by atoms with Crippen molar-refractivity contribution in [1.29, 1.82) is 0 Å².